The largest absolute Gasteiger partial charge is 0.457 e. The average molecular weight is 355 g/mol. The molecule has 1 aromatic heterocycles. The quantitative estimate of drug-likeness (QED) is 0.554. The minimum absolute atomic E-state index is 0.330. The summed E-state index contributed by atoms with van der Waals surface area (Å²) in [5.74, 6) is 1.58. The van der Waals surface area contributed by atoms with Gasteiger partial charge in [0.15, 0.2) is 0 Å². The maximum absolute atomic E-state index is 6.54. The van der Waals surface area contributed by atoms with Gasteiger partial charge < -0.3 is 10.5 Å². The summed E-state index contributed by atoms with van der Waals surface area (Å²) in [6.45, 7) is 4.18. The van der Waals surface area contributed by atoms with Gasteiger partial charge in [0.2, 0.25) is 0 Å². The number of hydrogen-bond donors (Lipinski definition) is 1. The second kappa shape index (κ2) is 7.17. The van der Waals surface area contributed by atoms with Gasteiger partial charge in [0, 0.05) is 5.39 Å². The van der Waals surface area contributed by atoms with Crippen LogP contribution in [-0.4, -0.2) is 9.97 Å². The normalized spacial score (nSPS) is 12.1. The lowest BCUT2D eigenvalue weighted by molar-refractivity contribution is 0.482. The van der Waals surface area contributed by atoms with Gasteiger partial charge in [0.25, 0.3) is 0 Å². The van der Waals surface area contributed by atoms with Crippen LogP contribution < -0.4 is 10.5 Å². The molecule has 1 heterocycles. The maximum Gasteiger partial charge on any atom is 0.127 e. The topological polar surface area (TPSA) is 61.0 Å². The SMILES string of the molecule is Cc1cc2ncnc([C@@H](N)c3ccc(Oc4ccccc4)cc3)c2cc1C. The van der Waals surface area contributed by atoms with Crippen molar-refractivity contribution in [2.75, 3.05) is 0 Å². The van der Waals surface area contributed by atoms with E-state index in [1.54, 1.807) is 6.33 Å². The van der Waals surface area contributed by atoms with Crippen molar-refractivity contribution >= 4 is 10.9 Å². The first-order valence-corrected chi connectivity index (χ1v) is 8.92. The number of benzene rings is 3. The van der Waals surface area contributed by atoms with E-state index in [4.69, 9.17) is 10.5 Å². The summed E-state index contributed by atoms with van der Waals surface area (Å²) in [6, 6.07) is 21.4. The Morgan fingerprint density at radius 1 is 0.815 bits per heavy atom. The summed E-state index contributed by atoms with van der Waals surface area (Å²) in [6.07, 6.45) is 1.58. The van der Waals surface area contributed by atoms with E-state index in [-0.39, 0.29) is 6.04 Å². The smallest absolute Gasteiger partial charge is 0.127 e. The van der Waals surface area contributed by atoms with Crippen LogP contribution in [0.4, 0.5) is 0 Å². The first-order valence-electron chi connectivity index (χ1n) is 8.92. The first kappa shape index (κ1) is 17.2. The fourth-order valence-electron chi connectivity index (χ4n) is 3.11. The molecule has 0 amide bonds. The molecule has 134 valence electrons. The number of nitrogens with zero attached hydrogens (tertiary/aromatic N) is 2. The molecule has 3 aromatic carbocycles. The molecule has 4 heteroatoms. The van der Waals surface area contributed by atoms with Crippen LogP contribution in [0.1, 0.15) is 28.4 Å². The van der Waals surface area contributed by atoms with Gasteiger partial charge in [0.1, 0.15) is 17.8 Å². The van der Waals surface area contributed by atoms with Crippen molar-refractivity contribution in [3.8, 4) is 11.5 Å². The molecule has 1 atom stereocenters. The van der Waals surface area contributed by atoms with Gasteiger partial charge in [0.05, 0.1) is 17.3 Å². The first-order chi connectivity index (χ1) is 13.1. The second-order valence-corrected chi connectivity index (χ2v) is 6.67. The molecule has 0 unspecified atom stereocenters. The zero-order chi connectivity index (χ0) is 18.8. The average Bonchev–Trinajstić information content (AvgIpc) is 2.69. The maximum atomic E-state index is 6.54. The van der Waals surface area contributed by atoms with Gasteiger partial charge in [-0.3, -0.25) is 0 Å². The van der Waals surface area contributed by atoms with Crippen LogP contribution in [0.25, 0.3) is 10.9 Å². The zero-order valence-corrected chi connectivity index (χ0v) is 15.4. The lowest BCUT2D eigenvalue weighted by Crippen LogP contribution is -2.14. The lowest BCUT2D eigenvalue weighted by Gasteiger charge is -2.15. The van der Waals surface area contributed by atoms with Crippen molar-refractivity contribution in [1.82, 2.24) is 9.97 Å². The Bertz CT molecular complexity index is 1080. The monoisotopic (exact) mass is 355 g/mol. The number of aryl methyl sites for hydroxylation is 2. The zero-order valence-electron chi connectivity index (χ0n) is 15.4. The summed E-state index contributed by atoms with van der Waals surface area (Å²) in [5.41, 5.74) is 11.7. The Hall–Kier alpha value is -3.24. The Morgan fingerprint density at radius 2 is 1.48 bits per heavy atom. The third-order valence-corrected chi connectivity index (χ3v) is 4.79. The number of nitrogens with two attached hydrogens (primary N) is 1. The molecule has 0 aliphatic rings. The number of rotatable bonds is 4. The highest BCUT2D eigenvalue weighted by Crippen LogP contribution is 2.28. The lowest BCUT2D eigenvalue weighted by atomic mass is 9.98. The Balaban J connectivity index is 1.64. The van der Waals surface area contributed by atoms with Gasteiger partial charge in [-0.1, -0.05) is 30.3 Å². The highest BCUT2D eigenvalue weighted by molar-refractivity contribution is 5.83. The van der Waals surface area contributed by atoms with E-state index < -0.39 is 0 Å². The van der Waals surface area contributed by atoms with Gasteiger partial charge in [-0.05, 0) is 66.9 Å². The summed E-state index contributed by atoms with van der Waals surface area (Å²) in [7, 11) is 0. The fraction of sp³-hybridized carbons (Fsp3) is 0.130. The third kappa shape index (κ3) is 3.52. The molecule has 27 heavy (non-hydrogen) atoms. The van der Waals surface area contributed by atoms with E-state index in [9.17, 15) is 0 Å². The number of hydrogen-bond acceptors (Lipinski definition) is 4. The molecule has 0 fully saturated rings. The van der Waals surface area contributed by atoms with Crippen molar-refractivity contribution < 1.29 is 4.74 Å². The molecule has 4 aromatic rings. The predicted octanol–water partition coefficient (Wildman–Crippen LogP) is 5.09. The van der Waals surface area contributed by atoms with Crippen molar-refractivity contribution in [3.05, 3.63) is 95.4 Å². The van der Waals surface area contributed by atoms with Crippen LogP contribution in [0.2, 0.25) is 0 Å². The summed E-state index contributed by atoms with van der Waals surface area (Å²) >= 11 is 0. The molecule has 0 bridgehead atoms. The highest BCUT2D eigenvalue weighted by Gasteiger charge is 2.15. The number of ether oxygens (including phenoxy) is 1. The second-order valence-electron chi connectivity index (χ2n) is 6.67. The van der Waals surface area contributed by atoms with E-state index in [2.05, 4.69) is 35.9 Å². The summed E-state index contributed by atoms with van der Waals surface area (Å²) in [5, 5.41) is 0.998. The molecule has 0 saturated carbocycles. The van der Waals surface area contributed by atoms with E-state index >= 15 is 0 Å². The fourth-order valence-corrected chi connectivity index (χ4v) is 3.11. The number of aromatic nitrogens is 2. The molecule has 0 radical (unpaired) electrons. The van der Waals surface area contributed by atoms with Crippen LogP contribution in [0.5, 0.6) is 11.5 Å². The number of fused-ring (bicyclic) bond motifs is 1. The van der Waals surface area contributed by atoms with Crippen LogP contribution in [0.3, 0.4) is 0 Å². The van der Waals surface area contributed by atoms with Crippen LogP contribution >= 0.6 is 0 Å². The van der Waals surface area contributed by atoms with Crippen LogP contribution in [-0.2, 0) is 0 Å². The van der Waals surface area contributed by atoms with Crippen molar-refractivity contribution in [2.24, 2.45) is 5.73 Å². The molecular weight excluding hydrogens is 334 g/mol. The Kier molecular flexibility index (Phi) is 4.57. The van der Waals surface area contributed by atoms with E-state index in [0.717, 1.165) is 33.7 Å². The van der Waals surface area contributed by atoms with Crippen molar-refractivity contribution in [3.63, 3.8) is 0 Å². The van der Waals surface area contributed by atoms with Gasteiger partial charge in [-0.25, -0.2) is 9.97 Å². The van der Waals surface area contributed by atoms with Gasteiger partial charge >= 0.3 is 0 Å². The minimum atomic E-state index is -0.330. The minimum Gasteiger partial charge on any atom is -0.457 e. The van der Waals surface area contributed by atoms with Gasteiger partial charge in [-0.15, -0.1) is 0 Å². The highest BCUT2D eigenvalue weighted by atomic mass is 16.5. The predicted molar refractivity (Wildman–Crippen MR) is 108 cm³/mol. The van der Waals surface area contributed by atoms with Gasteiger partial charge in [-0.2, -0.15) is 0 Å². The standard InChI is InChI=1S/C23H21N3O/c1-15-12-20-21(13-16(15)2)25-14-26-23(20)22(24)17-8-10-19(11-9-17)27-18-6-4-3-5-7-18/h3-14,22H,24H2,1-2H3/t22-/m0/s1. The summed E-state index contributed by atoms with van der Waals surface area (Å²) in [4.78, 5) is 8.87. The Labute approximate surface area is 158 Å². The van der Waals surface area contributed by atoms with E-state index in [1.165, 1.54) is 11.1 Å². The summed E-state index contributed by atoms with van der Waals surface area (Å²) < 4.78 is 5.85. The molecule has 0 saturated heterocycles. The molecular formula is C23H21N3O. The van der Waals surface area contributed by atoms with Crippen molar-refractivity contribution in [2.45, 2.75) is 19.9 Å². The van der Waals surface area contributed by atoms with Crippen molar-refractivity contribution in [1.29, 1.82) is 0 Å². The van der Waals surface area contributed by atoms with Crippen LogP contribution in [0, 0.1) is 13.8 Å². The molecule has 4 nitrogen and oxygen atoms in total. The van der Waals surface area contributed by atoms with E-state index in [0.29, 0.717) is 0 Å². The van der Waals surface area contributed by atoms with E-state index in [1.807, 2.05) is 54.6 Å². The van der Waals surface area contributed by atoms with Crippen LogP contribution in [0.15, 0.2) is 73.1 Å². The molecule has 0 aliphatic heterocycles. The molecule has 0 aliphatic carbocycles. The number of para-hydroxylation sites is 1. The molecule has 4 rings (SSSR count). The third-order valence-electron chi connectivity index (χ3n) is 4.79. The molecule has 2 N–H and O–H groups in total. The Morgan fingerprint density at radius 3 is 2.22 bits per heavy atom. The molecule has 0 spiro atoms.